The Balaban J connectivity index is 1.80. The summed E-state index contributed by atoms with van der Waals surface area (Å²) in [4.78, 5) is 54.9. The van der Waals surface area contributed by atoms with Gasteiger partial charge in [0.15, 0.2) is 0 Å². The standard InChI is InChI=1S/C19H25N3O5S/c1-2-9-21-18(26)17-14(22(19(21)27)12-13-5-4-11-28-13)8-10-20(17)15(23)6-3-7-16(24)25/h4-5,11,14,17H,2-3,6-10,12H2,1H3,(H,24,25)/t14-,17+/m1/s1. The number of nitrogens with zero attached hydrogens (tertiary/aromatic N) is 3. The zero-order valence-electron chi connectivity index (χ0n) is 15.9. The van der Waals surface area contributed by atoms with Gasteiger partial charge >= 0.3 is 12.0 Å². The maximum Gasteiger partial charge on any atom is 0.327 e. The van der Waals surface area contributed by atoms with Crippen molar-refractivity contribution in [2.45, 2.75) is 57.7 Å². The lowest BCUT2D eigenvalue weighted by Gasteiger charge is -2.43. The van der Waals surface area contributed by atoms with Crippen molar-refractivity contribution in [3.8, 4) is 0 Å². The second-order valence-corrected chi connectivity index (χ2v) is 8.15. The summed E-state index contributed by atoms with van der Waals surface area (Å²) >= 11 is 1.56. The molecule has 2 atom stereocenters. The van der Waals surface area contributed by atoms with Crippen molar-refractivity contribution in [2.24, 2.45) is 0 Å². The van der Waals surface area contributed by atoms with E-state index >= 15 is 0 Å². The fraction of sp³-hybridized carbons (Fsp3) is 0.579. The van der Waals surface area contributed by atoms with Crippen molar-refractivity contribution in [3.63, 3.8) is 0 Å². The largest absolute Gasteiger partial charge is 0.481 e. The van der Waals surface area contributed by atoms with E-state index in [1.54, 1.807) is 21.1 Å². The number of carbonyl (C=O) groups is 4. The van der Waals surface area contributed by atoms with Gasteiger partial charge in [-0.05, 0) is 30.7 Å². The maximum atomic E-state index is 13.0. The van der Waals surface area contributed by atoms with E-state index in [1.165, 1.54) is 4.90 Å². The number of rotatable bonds is 8. The summed E-state index contributed by atoms with van der Waals surface area (Å²) in [6.45, 7) is 3.05. The lowest BCUT2D eigenvalue weighted by molar-refractivity contribution is -0.146. The summed E-state index contributed by atoms with van der Waals surface area (Å²) in [5.74, 6) is -1.48. The smallest absolute Gasteiger partial charge is 0.327 e. The molecule has 3 rings (SSSR count). The van der Waals surface area contributed by atoms with Crippen LogP contribution in [0.25, 0.3) is 0 Å². The number of likely N-dealkylation sites (tertiary alicyclic amines) is 1. The molecule has 0 aromatic carbocycles. The molecule has 2 saturated heterocycles. The molecule has 2 aliphatic rings. The van der Waals surface area contributed by atoms with E-state index in [0.29, 0.717) is 32.5 Å². The van der Waals surface area contributed by atoms with Crippen LogP contribution in [0.3, 0.4) is 0 Å². The fourth-order valence-electron chi connectivity index (χ4n) is 3.95. The Morgan fingerprint density at radius 3 is 2.71 bits per heavy atom. The minimum Gasteiger partial charge on any atom is -0.481 e. The quantitative estimate of drug-likeness (QED) is 0.712. The third kappa shape index (κ3) is 4.04. The average molecular weight is 407 g/mol. The highest BCUT2D eigenvalue weighted by Crippen LogP contribution is 2.32. The summed E-state index contributed by atoms with van der Waals surface area (Å²) in [5.41, 5.74) is 0. The number of carboxylic acid groups (broad SMARTS) is 1. The number of hydrogen-bond donors (Lipinski definition) is 1. The van der Waals surface area contributed by atoms with E-state index < -0.39 is 12.0 Å². The first kappa shape index (κ1) is 20.3. The van der Waals surface area contributed by atoms with Crippen LogP contribution in [0.15, 0.2) is 17.5 Å². The van der Waals surface area contributed by atoms with Gasteiger partial charge in [-0.15, -0.1) is 11.3 Å². The molecule has 3 heterocycles. The van der Waals surface area contributed by atoms with Crippen LogP contribution in [0.4, 0.5) is 4.79 Å². The molecule has 28 heavy (non-hydrogen) atoms. The van der Waals surface area contributed by atoms with Crippen molar-refractivity contribution >= 4 is 35.2 Å². The summed E-state index contributed by atoms with van der Waals surface area (Å²) in [6, 6.07) is 2.58. The van der Waals surface area contributed by atoms with E-state index in [2.05, 4.69) is 0 Å². The third-order valence-corrected chi connectivity index (χ3v) is 6.08. The molecule has 1 N–H and O–H groups in total. The molecule has 9 heteroatoms. The van der Waals surface area contributed by atoms with Crippen LogP contribution in [-0.4, -0.2) is 68.8 Å². The van der Waals surface area contributed by atoms with Gasteiger partial charge in [0.1, 0.15) is 6.04 Å². The predicted molar refractivity (Wildman–Crippen MR) is 103 cm³/mol. The Hall–Kier alpha value is -2.42. The number of imide groups is 1. The monoisotopic (exact) mass is 407 g/mol. The van der Waals surface area contributed by atoms with Crippen LogP contribution in [-0.2, 0) is 20.9 Å². The van der Waals surface area contributed by atoms with Crippen molar-refractivity contribution in [3.05, 3.63) is 22.4 Å². The van der Waals surface area contributed by atoms with Gasteiger partial charge in [0.05, 0.1) is 12.6 Å². The predicted octanol–water partition coefficient (Wildman–Crippen LogP) is 2.15. The molecule has 0 spiro atoms. The zero-order chi connectivity index (χ0) is 20.3. The van der Waals surface area contributed by atoms with Crippen LogP contribution in [0.2, 0.25) is 0 Å². The number of urea groups is 1. The van der Waals surface area contributed by atoms with Crippen molar-refractivity contribution < 1.29 is 24.3 Å². The maximum absolute atomic E-state index is 13.0. The normalized spacial score (nSPS) is 22.0. The number of carbonyl (C=O) groups excluding carboxylic acids is 3. The minimum atomic E-state index is -0.942. The SMILES string of the molecule is CCCN1C(=O)[C@@H]2[C@@H](CCN2C(=O)CCCC(=O)O)N(Cc2cccs2)C1=O. The minimum absolute atomic E-state index is 0.0768. The second-order valence-electron chi connectivity index (χ2n) is 7.11. The summed E-state index contributed by atoms with van der Waals surface area (Å²) in [5, 5.41) is 10.7. The molecular weight excluding hydrogens is 382 g/mol. The first-order valence-electron chi connectivity index (χ1n) is 9.59. The van der Waals surface area contributed by atoms with Gasteiger partial charge in [-0.25, -0.2) is 4.79 Å². The molecule has 0 bridgehead atoms. The number of amides is 4. The van der Waals surface area contributed by atoms with E-state index in [1.807, 2.05) is 24.4 Å². The zero-order valence-corrected chi connectivity index (χ0v) is 16.7. The topological polar surface area (TPSA) is 98.2 Å². The van der Waals surface area contributed by atoms with Gasteiger partial charge in [0.25, 0.3) is 5.91 Å². The molecule has 0 aliphatic carbocycles. The highest BCUT2D eigenvalue weighted by Gasteiger charge is 2.52. The Bertz CT molecular complexity index is 751. The first-order chi connectivity index (χ1) is 13.4. The molecule has 2 aliphatic heterocycles. The molecule has 2 fully saturated rings. The van der Waals surface area contributed by atoms with Crippen LogP contribution in [0, 0.1) is 0 Å². The number of fused-ring (bicyclic) bond motifs is 1. The number of carboxylic acids is 1. The van der Waals surface area contributed by atoms with Gasteiger partial charge in [0, 0.05) is 30.8 Å². The van der Waals surface area contributed by atoms with Crippen LogP contribution in [0.1, 0.15) is 43.9 Å². The fourth-order valence-corrected chi connectivity index (χ4v) is 4.65. The molecule has 152 valence electrons. The van der Waals surface area contributed by atoms with Crippen molar-refractivity contribution in [1.29, 1.82) is 0 Å². The summed E-state index contributed by atoms with van der Waals surface area (Å²) in [6.07, 6.45) is 1.46. The van der Waals surface area contributed by atoms with Crippen molar-refractivity contribution in [1.82, 2.24) is 14.7 Å². The van der Waals surface area contributed by atoms with Crippen LogP contribution < -0.4 is 0 Å². The molecule has 0 radical (unpaired) electrons. The van der Waals surface area contributed by atoms with Crippen molar-refractivity contribution in [2.75, 3.05) is 13.1 Å². The van der Waals surface area contributed by atoms with Gasteiger partial charge < -0.3 is 14.9 Å². The van der Waals surface area contributed by atoms with Gasteiger partial charge in [-0.1, -0.05) is 13.0 Å². The van der Waals surface area contributed by atoms with E-state index in [4.69, 9.17) is 5.11 Å². The average Bonchev–Trinajstić information content (AvgIpc) is 3.31. The van der Waals surface area contributed by atoms with E-state index in [0.717, 1.165) is 4.88 Å². The first-order valence-corrected chi connectivity index (χ1v) is 10.5. The van der Waals surface area contributed by atoms with Gasteiger partial charge in [-0.2, -0.15) is 0 Å². The summed E-state index contributed by atoms with van der Waals surface area (Å²) < 4.78 is 0. The van der Waals surface area contributed by atoms with E-state index in [-0.39, 0.29) is 43.1 Å². The third-order valence-electron chi connectivity index (χ3n) is 5.22. The number of hydrogen-bond acceptors (Lipinski definition) is 5. The lowest BCUT2D eigenvalue weighted by Crippen LogP contribution is -2.65. The number of aliphatic carboxylic acids is 1. The summed E-state index contributed by atoms with van der Waals surface area (Å²) in [7, 11) is 0. The molecule has 0 saturated carbocycles. The molecular formula is C19H25N3O5S. The Labute approximate surface area is 167 Å². The molecule has 1 aromatic rings. The molecule has 1 aromatic heterocycles. The highest BCUT2D eigenvalue weighted by molar-refractivity contribution is 7.09. The Morgan fingerprint density at radius 2 is 2.07 bits per heavy atom. The van der Waals surface area contributed by atoms with Gasteiger partial charge in [-0.3, -0.25) is 19.3 Å². The van der Waals surface area contributed by atoms with Gasteiger partial charge in [0.2, 0.25) is 5.91 Å². The molecule has 8 nitrogen and oxygen atoms in total. The van der Waals surface area contributed by atoms with Crippen LogP contribution >= 0.6 is 11.3 Å². The molecule has 0 unspecified atom stereocenters. The lowest BCUT2D eigenvalue weighted by atomic mass is 10.0. The number of thiophene rings is 1. The van der Waals surface area contributed by atoms with E-state index in [9.17, 15) is 19.2 Å². The molecule has 4 amide bonds. The van der Waals surface area contributed by atoms with Crippen LogP contribution in [0.5, 0.6) is 0 Å². The second kappa shape index (κ2) is 8.72. The Kier molecular flexibility index (Phi) is 6.33. The highest BCUT2D eigenvalue weighted by atomic mass is 32.1. The Morgan fingerprint density at radius 1 is 1.29 bits per heavy atom.